The van der Waals surface area contributed by atoms with Crippen LogP contribution in [0.4, 0.5) is 0 Å². The number of carbonyl (C=O) groups is 2. The van der Waals surface area contributed by atoms with Crippen molar-refractivity contribution in [1.29, 1.82) is 0 Å². The predicted octanol–water partition coefficient (Wildman–Crippen LogP) is 2.43. The van der Waals surface area contributed by atoms with Crippen molar-refractivity contribution in [2.45, 2.75) is 26.2 Å². The average molecular weight is 364 g/mol. The predicted molar refractivity (Wildman–Crippen MR) is 102 cm³/mol. The molecule has 0 heterocycles. The fourth-order valence-electron chi connectivity index (χ4n) is 2.59. The molecule has 0 aliphatic carbocycles. The standard InChI is InChI=1S/C20H32N2O4/c1-17(20(24)25-4)16-22(14-9-13-21(2)3)19(23)12-8-15-26-18-10-6-5-7-11-18/h5-7,10-11,17H,8-9,12-16H2,1-4H3. The van der Waals surface area contributed by atoms with Crippen molar-refractivity contribution < 1.29 is 19.1 Å². The number of methoxy groups -OCH3 is 1. The van der Waals surface area contributed by atoms with Gasteiger partial charge in [0.1, 0.15) is 5.75 Å². The highest BCUT2D eigenvalue weighted by molar-refractivity contribution is 5.78. The lowest BCUT2D eigenvalue weighted by Gasteiger charge is -2.26. The van der Waals surface area contributed by atoms with Crippen LogP contribution >= 0.6 is 0 Å². The van der Waals surface area contributed by atoms with E-state index in [0.29, 0.717) is 32.5 Å². The topological polar surface area (TPSA) is 59.1 Å². The van der Waals surface area contributed by atoms with Gasteiger partial charge < -0.3 is 19.3 Å². The minimum atomic E-state index is -0.330. The van der Waals surface area contributed by atoms with Crippen LogP contribution in [0.1, 0.15) is 26.2 Å². The second-order valence-electron chi connectivity index (χ2n) is 6.69. The monoisotopic (exact) mass is 364 g/mol. The molecular weight excluding hydrogens is 332 g/mol. The molecule has 1 aromatic carbocycles. The highest BCUT2D eigenvalue weighted by Crippen LogP contribution is 2.10. The van der Waals surface area contributed by atoms with Crippen LogP contribution in [0.5, 0.6) is 5.75 Å². The molecule has 0 saturated carbocycles. The summed E-state index contributed by atoms with van der Waals surface area (Å²) in [6.07, 6.45) is 1.92. The van der Waals surface area contributed by atoms with Crippen molar-refractivity contribution in [3.63, 3.8) is 0 Å². The Bertz CT molecular complexity index is 534. The van der Waals surface area contributed by atoms with Gasteiger partial charge in [0, 0.05) is 19.5 Å². The SMILES string of the molecule is COC(=O)C(C)CN(CCCN(C)C)C(=O)CCCOc1ccccc1. The van der Waals surface area contributed by atoms with Gasteiger partial charge in [-0.1, -0.05) is 25.1 Å². The van der Waals surface area contributed by atoms with Gasteiger partial charge in [-0.05, 0) is 45.6 Å². The summed E-state index contributed by atoms with van der Waals surface area (Å²) in [5.74, 6) is 0.241. The first-order valence-electron chi connectivity index (χ1n) is 9.12. The molecule has 1 aromatic rings. The van der Waals surface area contributed by atoms with E-state index < -0.39 is 0 Å². The summed E-state index contributed by atoms with van der Waals surface area (Å²) < 4.78 is 10.4. The van der Waals surface area contributed by atoms with E-state index in [0.717, 1.165) is 18.7 Å². The molecule has 1 rings (SSSR count). The third-order valence-electron chi connectivity index (χ3n) is 4.03. The Labute approximate surface area is 157 Å². The molecule has 0 saturated heterocycles. The minimum Gasteiger partial charge on any atom is -0.494 e. The van der Waals surface area contributed by atoms with Crippen molar-refractivity contribution in [3.8, 4) is 5.75 Å². The number of esters is 1. The maximum Gasteiger partial charge on any atom is 0.310 e. The van der Waals surface area contributed by atoms with E-state index in [1.165, 1.54) is 7.11 Å². The molecule has 0 radical (unpaired) electrons. The molecular formula is C20H32N2O4. The summed E-state index contributed by atoms with van der Waals surface area (Å²) >= 11 is 0. The average Bonchev–Trinajstić information content (AvgIpc) is 2.64. The number of benzene rings is 1. The van der Waals surface area contributed by atoms with E-state index in [-0.39, 0.29) is 17.8 Å². The Morgan fingerprint density at radius 1 is 1.08 bits per heavy atom. The van der Waals surface area contributed by atoms with Crippen LogP contribution in [-0.4, -0.2) is 69.1 Å². The molecule has 1 unspecified atom stereocenters. The van der Waals surface area contributed by atoms with Crippen LogP contribution in [0, 0.1) is 5.92 Å². The molecule has 1 atom stereocenters. The third kappa shape index (κ3) is 8.85. The number of nitrogens with zero attached hydrogens (tertiary/aromatic N) is 2. The smallest absolute Gasteiger partial charge is 0.310 e. The Kier molecular flexibility index (Phi) is 10.4. The van der Waals surface area contributed by atoms with Gasteiger partial charge in [-0.3, -0.25) is 9.59 Å². The summed E-state index contributed by atoms with van der Waals surface area (Å²) in [5, 5.41) is 0. The highest BCUT2D eigenvalue weighted by Gasteiger charge is 2.21. The zero-order valence-corrected chi connectivity index (χ0v) is 16.4. The molecule has 0 bridgehead atoms. The van der Waals surface area contributed by atoms with Crippen LogP contribution in [0.15, 0.2) is 30.3 Å². The largest absolute Gasteiger partial charge is 0.494 e. The van der Waals surface area contributed by atoms with E-state index in [2.05, 4.69) is 4.90 Å². The van der Waals surface area contributed by atoms with Crippen molar-refractivity contribution in [2.75, 3.05) is 47.4 Å². The van der Waals surface area contributed by atoms with Gasteiger partial charge in [0.25, 0.3) is 0 Å². The van der Waals surface area contributed by atoms with E-state index >= 15 is 0 Å². The number of para-hydroxylation sites is 1. The van der Waals surface area contributed by atoms with Crippen LogP contribution < -0.4 is 4.74 Å². The van der Waals surface area contributed by atoms with Gasteiger partial charge >= 0.3 is 5.97 Å². The summed E-state index contributed by atoms with van der Waals surface area (Å²) in [6, 6.07) is 9.56. The van der Waals surface area contributed by atoms with Crippen molar-refractivity contribution >= 4 is 11.9 Å². The van der Waals surface area contributed by atoms with Gasteiger partial charge in [-0.25, -0.2) is 0 Å². The number of ether oxygens (including phenoxy) is 2. The lowest BCUT2D eigenvalue weighted by molar-refractivity contribution is -0.146. The van der Waals surface area contributed by atoms with Crippen molar-refractivity contribution in [2.24, 2.45) is 5.92 Å². The van der Waals surface area contributed by atoms with Gasteiger partial charge in [0.15, 0.2) is 0 Å². The first-order chi connectivity index (χ1) is 12.4. The second kappa shape index (κ2) is 12.3. The van der Waals surface area contributed by atoms with E-state index in [4.69, 9.17) is 9.47 Å². The molecule has 0 N–H and O–H groups in total. The van der Waals surface area contributed by atoms with Crippen LogP contribution in [0.2, 0.25) is 0 Å². The molecule has 0 aromatic heterocycles. The molecule has 0 fully saturated rings. The molecule has 6 heteroatoms. The Morgan fingerprint density at radius 3 is 2.38 bits per heavy atom. The van der Waals surface area contributed by atoms with Crippen LogP contribution in [-0.2, 0) is 14.3 Å². The van der Waals surface area contributed by atoms with Gasteiger partial charge in [0.2, 0.25) is 5.91 Å². The fraction of sp³-hybridized carbons (Fsp3) is 0.600. The molecule has 0 spiro atoms. The number of rotatable bonds is 12. The number of amides is 1. The van der Waals surface area contributed by atoms with E-state index in [9.17, 15) is 9.59 Å². The number of hydrogen-bond donors (Lipinski definition) is 0. The second-order valence-corrected chi connectivity index (χ2v) is 6.69. The zero-order chi connectivity index (χ0) is 19.4. The molecule has 0 aliphatic rings. The molecule has 146 valence electrons. The maximum absolute atomic E-state index is 12.6. The first-order valence-corrected chi connectivity index (χ1v) is 9.12. The number of hydrogen-bond acceptors (Lipinski definition) is 5. The Balaban J connectivity index is 2.46. The molecule has 6 nitrogen and oxygen atoms in total. The molecule has 0 aliphatic heterocycles. The normalized spacial score (nSPS) is 11.9. The van der Waals surface area contributed by atoms with Gasteiger partial charge in [0.05, 0.1) is 19.6 Å². The van der Waals surface area contributed by atoms with Crippen LogP contribution in [0.25, 0.3) is 0 Å². The summed E-state index contributed by atoms with van der Waals surface area (Å²) in [7, 11) is 5.38. The first kappa shape index (κ1) is 22.0. The summed E-state index contributed by atoms with van der Waals surface area (Å²) in [6.45, 7) is 4.20. The summed E-state index contributed by atoms with van der Waals surface area (Å²) in [4.78, 5) is 28.1. The fourth-order valence-corrected chi connectivity index (χ4v) is 2.59. The lowest BCUT2D eigenvalue weighted by atomic mass is 10.1. The lowest BCUT2D eigenvalue weighted by Crippen LogP contribution is -2.38. The van der Waals surface area contributed by atoms with Crippen molar-refractivity contribution in [1.82, 2.24) is 9.80 Å². The quantitative estimate of drug-likeness (QED) is 0.421. The van der Waals surface area contributed by atoms with Crippen LogP contribution in [0.3, 0.4) is 0 Å². The van der Waals surface area contributed by atoms with Gasteiger partial charge in [-0.15, -0.1) is 0 Å². The molecule has 1 amide bonds. The van der Waals surface area contributed by atoms with E-state index in [1.807, 2.05) is 44.4 Å². The third-order valence-corrected chi connectivity index (χ3v) is 4.03. The van der Waals surface area contributed by atoms with E-state index in [1.54, 1.807) is 11.8 Å². The summed E-state index contributed by atoms with van der Waals surface area (Å²) in [5.41, 5.74) is 0. The Morgan fingerprint density at radius 2 is 1.77 bits per heavy atom. The maximum atomic E-state index is 12.6. The zero-order valence-electron chi connectivity index (χ0n) is 16.4. The number of carbonyl (C=O) groups excluding carboxylic acids is 2. The van der Waals surface area contributed by atoms with Crippen molar-refractivity contribution in [3.05, 3.63) is 30.3 Å². The highest BCUT2D eigenvalue weighted by atomic mass is 16.5. The minimum absolute atomic E-state index is 0.0520. The Hall–Kier alpha value is -2.08. The molecule has 26 heavy (non-hydrogen) atoms. The van der Waals surface area contributed by atoms with Gasteiger partial charge in [-0.2, -0.15) is 0 Å².